The molecule has 43 heavy (non-hydrogen) atoms. The molecule has 0 fully saturated rings. The number of nitrogen functional groups attached to an aromatic ring is 1. The first kappa shape index (κ1) is 30.7. The van der Waals surface area contributed by atoms with Gasteiger partial charge in [-0.2, -0.15) is 0 Å². The average Bonchev–Trinajstić information content (AvgIpc) is 3.00. The third-order valence-electron chi connectivity index (χ3n) is 7.82. The second kappa shape index (κ2) is 13.7. The summed E-state index contributed by atoms with van der Waals surface area (Å²) < 4.78 is 28.6. The summed E-state index contributed by atoms with van der Waals surface area (Å²) in [5.41, 5.74) is 8.28. The van der Waals surface area contributed by atoms with Gasteiger partial charge in [-0.3, -0.25) is 9.69 Å². The Morgan fingerprint density at radius 3 is 2.88 bits per heavy atom. The lowest BCUT2D eigenvalue weighted by Crippen LogP contribution is -2.34. The van der Waals surface area contributed by atoms with Crippen LogP contribution >= 0.6 is 12.2 Å². The van der Waals surface area contributed by atoms with Crippen molar-refractivity contribution in [1.82, 2.24) is 19.8 Å². The zero-order valence-corrected chi connectivity index (χ0v) is 25.3. The van der Waals surface area contributed by atoms with Crippen molar-refractivity contribution in [2.75, 3.05) is 50.5 Å². The van der Waals surface area contributed by atoms with Crippen molar-refractivity contribution in [2.24, 2.45) is 0 Å². The summed E-state index contributed by atoms with van der Waals surface area (Å²) in [4.78, 5) is 22.4. The Balaban J connectivity index is 1.39. The lowest BCUT2D eigenvalue weighted by molar-refractivity contribution is 0.122. The molecule has 4 heterocycles. The van der Waals surface area contributed by atoms with E-state index in [1.807, 2.05) is 42.1 Å². The van der Waals surface area contributed by atoms with E-state index in [1.165, 1.54) is 6.07 Å². The topological polar surface area (TPSA) is 97.9 Å². The SMILES string of the molecule is [B]c1cc2c3c(c1F)c(=O)c(CN(CCCCN(CC=S)c1ccc(N)nc1)CC1=CC(OC)NC=C1)cn3C(C)CO2. The van der Waals surface area contributed by atoms with E-state index in [1.54, 1.807) is 24.7 Å². The van der Waals surface area contributed by atoms with Crippen LogP contribution in [0.25, 0.3) is 10.9 Å². The average molecular weight is 603 g/mol. The van der Waals surface area contributed by atoms with Gasteiger partial charge >= 0.3 is 0 Å². The molecule has 3 N–H and O–H groups in total. The first-order chi connectivity index (χ1) is 20.8. The molecule has 0 saturated carbocycles. The standard InChI is InChI=1S/C31H36BFN6O3S/c1-20-19-42-25-14-24(32)29(33)28-30(25)39(20)18-22(31(28)40)17-37(16-21-7-8-35-27(13-21)41-2)9-3-4-10-38(11-12-43)23-5-6-26(34)36-15-23/h5-8,12-15,18,20,27,35H,3-4,9-11,16-17,19H2,1-2H3,(H2,34,36). The highest BCUT2D eigenvalue weighted by Crippen LogP contribution is 2.32. The van der Waals surface area contributed by atoms with E-state index in [2.05, 4.69) is 20.1 Å². The van der Waals surface area contributed by atoms with Crippen LogP contribution in [0.5, 0.6) is 5.75 Å². The minimum absolute atomic E-state index is 0.0210. The molecule has 0 bridgehead atoms. The number of rotatable bonds is 13. The molecular weight excluding hydrogens is 566 g/mol. The van der Waals surface area contributed by atoms with Gasteiger partial charge in [-0.15, -0.1) is 0 Å². The van der Waals surface area contributed by atoms with Crippen molar-refractivity contribution in [3.63, 3.8) is 0 Å². The molecule has 2 aliphatic heterocycles. The molecule has 2 atom stereocenters. The molecule has 0 spiro atoms. The van der Waals surface area contributed by atoms with Gasteiger partial charge in [-0.1, -0.05) is 17.7 Å². The van der Waals surface area contributed by atoms with Gasteiger partial charge in [0.05, 0.1) is 28.8 Å². The zero-order valence-electron chi connectivity index (χ0n) is 24.5. The van der Waals surface area contributed by atoms with E-state index >= 15 is 4.39 Å². The molecule has 1 aromatic carbocycles. The van der Waals surface area contributed by atoms with Crippen LogP contribution < -0.4 is 31.6 Å². The fourth-order valence-corrected chi connectivity index (χ4v) is 5.74. The van der Waals surface area contributed by atoms with Gasteiger partial charge in [0.15, 0.2) is 5.43 Å². The number of hydrogen-bond acceptors (Lipinski definition) is 9. The smallest absolute Gasteiger partial charge is 0.196 e. The molecular formula is C31H36BFN6O3S. The van der Waals surface area contributed by atoms with Crippen LogP contribution in [-0.4, -0.2) is 73.8 Å². The number of thiocarbonyl (C=S) groups is 1. The van der Waals surface area contributed by atoms with Crippen LogP contribution in [0.3, 0.4) is 0 Å². The maximum atomic E-state index is 15.4. The van der Waals surface area contributed by atoms with Crippen LogP contribution in [-0.2, 0) is 11.3 Å². The van der Waals surface area contributed by atoms with Gasteiger partial charge in [-0.05, 0) is 73.8 Å². The number of dihydropyridines is 1. The molecule has 12 heteroatoms. The number of aromatic nitrogens is 2. The van der Waals surface area contributed by atoms with E-state index < -0.39 is 5.82 Å². The van der Waals surface area contributed by atoms with Crippen molar-refractivity contribution in [3.8, 4) is 5.75 Å². The number of benzene rings is 1. The monoisotopic (exact) mass is 602 g/mol. The molecule has 5 rings (SSSR count). The van der Waals surface area contributed by atoms with E-state index in [-0.39, 0.29) is 28.5 Å². The van der Waals surface area contributed by atoms with Crippen LogP contribution in [0.1, 0.15) is 31.4 Å². The molecule has 0 saturated heterocycles. The highest BCUT2D eigenvalue weighted by Gasteiger charge is 2.26. The lowest BCUT2D eigenvalue weighted by atomic mass is 9.92. The fraction of sp³-hybridized carbons (Fsp3) is 0.387. The summed E-state index contributed by atoms with van der Waals surface area (Å²) in [5, 5.41) is 4.82. The third-order valence-corrected chi connectivity index (χ3v) is 7.97. The van der Waals surface area contributed by atoms with Gasteiger partial charge in [0.25, 0.3) is 0 Å². The molecule has 224 valence electrons. The molecule has 2 unspecified atom stereocenters. The highest BCUT2D eigenvalue weighted by molar-refractivity contribution is 7.79. The lowest BCUT2D eigenvalue weighted by Gasteiger charge is -2.29. The molecule has 2 radical (unpaired) electrons. The molecule has 2 aromatic heterocycles. The van der Waals surface area contributed by atoms with Gasteiger partial charge < -0.3 is 30.0 Å². The minimum atomic E-state index is -0.702. The Morgan fingerprint density at radius 2 is 2.14 bits per heavy atom. The number of methoxy groups -OCH3 is 1. The summed E-state index contributed by atoms with van der Waals surface area (Å²) in [6, 6.07) is 5.11. The number of ether oxygens (including phenoxy) is 2. The number of nitrogens with two attached hydrogens (primary N) is 1. The first-order valence-corrected chi connectivity index (χ1v) is 14.8. The normalized spacial score (nSPS) is 17.4. The third kappa shape index (κ3) is 6.92. The molecule has 3 aromatic rings. The number of anilines is 2. The number of nitrogens with one attached hydrogen (secondary N) is 1. The Kier molecular flexibility index (Phi) is 9.79. The number of unbranched alkanes of at least 4 members (excludes halogenated alkanes) is 1. The van der Waals surface area contributed by atoms with Gasteiger partial charge in [0, 0.05) is 45.0 Å². The summed E-state index contributed by atoms with van der Waals surface area (Å²) in [6.07, 6.45) is 11.0. The summed E-state index contributed by atoms with van der Waals surface area (Å²) >= 11 is 5.14. The number of halogens is 1. The Hall–Kier alpha value is -3.74. The molecule has 0 amide bonds. The largest absolute Gasteiger partial charge is 0.489 e. The number of hydrogen-bond donors (Lipinski definition) is 2. The highest BCUT2D eigenvalue weighted by atomic mass is 32.1. The zero-order chi connectivity index (χ0) is 30.5. The Labute approximate surface area is 257 Å². The van der Waals surface area contributed by atoms with Gasteiger partial charge in [0.1, 0.15) is 38.1 Å². The second-order valence-electron chi connectivity index (χ2n) is 10.9. The van der Waals surface area contributed by atoms with Gasteiger partial charge in [0.2, 0.25) is 0 Å². The summed E-state index contributed by atoms with van der Waals surface area (Å²) in [6.45, 7) is 5.42. The van der Waals surface area contributed by atoms with Crippen molar-refractivity contribution in [3.05, 3.63) is 76.1 Å². The summed E-state index contributed by atoms with van der Waals surface area (Å²) in [7, 11) is 7.59. The van der Waals surface area contributed by atoms with Crippen molar-refractivity contribution < 1.29 is 13.9 Å². The molecule has 0 aliphatic carbocycles. The molecule has 2 aliphatic rings. The maximum Gasteiger partial charge on any atom is 0.196 e. The van der Waals surface area contributed by atoms with Gasteiger partial charge in [-0.25, -0.2) is 9.37 Å². The van der Waals surface area contributed by atoms with Crippen molar-refractivity contribution in [1.29, 1.82) is 0 Å². The first-order valence-electron chi connectivity index (χ1n) is 14.4. The fourth-order valence-electron chi connectivity index (χ4n) is 5.56. The predicted molar refractivity (Wildman–Crippen MR) is 174 cm³/mol. The Morgan fingerprint density at radius 1 is 1.33 bits per heavy atom. The van der Waals surface area contributed by atoms with Crippen LogP contribution in [0.2, 0.25) is 0 Å². The van der Waals surface area contributed by atoms with Crippen LogP contribution in [0.4, 0.5) is 15.9 Å². The molecule has 9 nitrogen and oxygen atoms in total. The predicted octanol–water partition coefficient (Wildman–Crippen LogP) is 2.97. The van der Waals surface area contributed by atoms with E-state index in [9.17, 15) is 4.79 Å². The van der Waals surface area contributed by atoms with E-state index in [0.29, 0.717) is 55.4 Å². The quantitative estimate of drug-likeness (QED) is 0.174. The Bertz CT molecular complexity index is 1600. The van der Waals surface area contributed by atoms with Crippen LogP contribution in [0, 0.1) is 5.82 Å². The summed E-state index contributed by atoms with van der Waals surface area (Å²) in [5.74, 6) is 0.199. The van der Waals surface area contributed by atoms with Crippen LogP contribution in [0.15, 0.2) is 59.3 Å². The van der Waals surface area contributed by atoms with E-state index in [4.69, 9.17) is 35.3 Å². The number of nitrogens with zero attached hydrogens (tertiary/aromatic N) is 4. The van der Waals surface area contributed by atoms with Crippen molar-refractivity contribution >= 4 is 53.3 Å². The van der Waals surface area contributed by atoms with Crippen molar-refractivity contribution in [2.45, 2.75) is 38.6 Å². The maximum absolute atomic E-state index is 15.4. The second-order valence-corrected chi connectivity index (χ2v) is 11.3. The minimum Gasteiger partial charge on any atom is -0.489 e. The van der Waals surface area contributed by atoms with E-state index in [0.717, 1.165) is 30.6 Å². The number of pyridine rings is 2.